The third-order valence-corrected chi connectivity index (χ3v) is 7.72. The van der Waals surface area contributed by atoms with Gasteiger partial charge in [-0.1, -0.05) is 41.9 Å². The third kappa shape index (κ3) is 3.38. The van der Waals surface area contributed by atoms with E-state index in [1.807, 2.05) is 0 Å². The van der Waals surface area contributed by atoms with E-state index >= 15 is 0 Å². The minimum absolute atomic E-state index is 0.0459. The lowest BCUT2D eigenvalue weighted by molar-refractivity contribution is -0.117. The van der Waals surface area contributed by atoms with E-state index in [4.69, 9.17) is 23.2 Å². The number of carbonyl (C=O) groups excluding carboxylic acids is 1. The molecule has 0 N–H and O–H groups in total. The lowest BCUT2D eigenvalue weighted by Crippen LogP contribution is -2.37. The zero-order valence-electron chi connectivity index (χ0n) is 12.2. The summed E-state index contributed by atoms with van der Waals surface area (Å²) >= 11 is 13.4. The second-order valence-electron chi connectivity index (χ2n) is 5.41. The molecular formula is C14H14Cl2N2O3S2. The number of sulfone groups is 1. The maximum absolute atomic E-state index is 11.9. The van der Waals surface area contributed by atoms with Crippen molar-refractivity contribution in [1.29, 1.82) is 0 Å². The van der Waals surface area contributed by atoms with Gasteiger partial charge in [-0.15, -0.1) is 0 Å². The van der Waals surface area contributed by atoms with Crippen LogP contribution in [0.25, 0.3) is 0 Å². The number of amidine groups is 1. The van der Waals surface area contributed by atoms with Gasteiger partial charge in [-0.2, -0.15) is 4.99 Å². The number of benzene rings is 1. The number of rotatable bonds is 2. The smallest absolute Gasteiger partial charge is 0.247 e. The Morgan fingerprint density at radius 3 is 2.74 bits per heavy atom. The molecule has 1 amide bonds. The van der Waals surface area contributed by atoms with Gasteiger partial charge in [-0.25, -0.2) is 8.42 Å². The quantitative estimate of drug-likeness (QED) is 0.773. The average molecular weight is 393 g/mol. The molecule has 9 heteroatoms. The van der Waals surface area contributed by atoms with Gasteiger partial charge in [0.25, 0.3) is 0 Å². The molecule has 2 saturated heterocycles. The van der Waals surface area contributed by atoms with Crippen molar-refractivity contribution in [1.82, 2.24) is 0 Å². The first-order chi connectivity index (χ1) is 10.8. The van der Waals surface area contributed by atoms with E-state index in [1.54, 1.807) is 30.0 Å². The largest absolute Gasteiger partial charge is 0.316 e. The molecule has 0 aliphatic carbocycles. The Kier molecular flexibility index (Phi) is 4.66. The van der Waals surface area contributed by atoms with E-state index in [2.05, 4.69) is 4.99 Å². The number of amides is 1. The van der Waals surface area contributed by atoms with Crippen LogP contribution in [0.5, 0.6) is 0 Å². The predicted octanol–water partition coefficient (Wildman–Crippen LogP) is 3.00. The van der Waals surface area contributed by atoms with Crippen molar-refractivity contribution in [3.63, 3.8) is 0 Å². The van der Waals surface area contributed by atoms with Gasteiger partial charge in [0.1, 0.15) is 0 Å². The number of fused-ring (bicyclic) bond motifs is 1. The summed E-state index contributed by atoms with van der Waals surface area (Å²) in [6, 6.07) is 4.84. The van der Waals surface area contributed by atoms with Crippen LogP contribution in [0.15, 0.2) is 23.2 Å². The number of hydrogen-bond acceptors (Lipinski definition) is 4. The van der Waals surface area contributed by atoms with Crippen LogP contribution in [-0.4, -0.2) is 42.3 Å². The van der Waals surface area contributed by atoms with Crippen molar-refractivity contribution in [2.45, 2.75) is 24.6 Å². The Morgan fingerprint density at radius 1 is 1.35 bits per heavy atom. The fraction of sp³-hybridized carbons (Fsp3) is 0.429. The Morgan fingerprint density at radius 2 is 2.09 bits per heavy atom. The first-order valence-corrected chi connectivity index (χ1v) is 10.5. The molecule has 2 aliphatic rings. The molecule has 0 spiro atoms. The van der Waals surface area contributed by atoms with Crippen molar-refractivity contribution >= 4 is 61.6 Å². The predicted molar refractivity (Wildman–Crippen MR) is 95.5 cm³/mol. The van der Waals surface area contributed by atoms with Gasteiger partial charge < -0.3 is 4.90 Å². The highest BCUT2D eigenvalue weighted by Gasteiger charge is 2.49. The molecule has 1 aromatic rings. The molecule has 0 bridgehead atoms. The molecule has 1 aromatic carbocycles. The van der Waals surface area contributed by atoms with Crippen molar-refractivity contribution in [3.05, 3.63) is 28.2 Å². The molecule has 2 heterocycles. The lowest BCUT2D eigenvalue weighted by atomic mass is 10.2. The monoisotopic (exact) mass is 392 g/mol. The summed E-state index contributed by atoms with van der Waals surface area (Å²) in [6.07, 6.45) is 0.299. The molecule has 2 fully saturated rings. The van der Waals surface area contributed by atoms with Gasteiger partial charge in [0.2, 0.25) is 5.91 Å². The van der Waals surface area contributed by atoms with Crippen molar-refractivity contribution < 1.29 is 13.2 Å². The Bertz CT molecular complexity index is 795. The molecule has 0 saturated carbocycles. The molecule has 2 aliphatic heterocycles. The minimum Gasteiger partial charge on any atom is -0.316 e. The van der Waals surface area contributed by atoms with Crippen LogP contribution in [0.2, 0.25) is 10.0 Å². The molecule has 23 heavy (non-hydrogen) atoms. The van der Waals surface area contributed by atoms with Crippen molar-refractivity contribution in [3.8, 4) is 0 Å². The number of nitrogens with zero attached hydrogens (tertiary/aromatic N) is 2. The number of thioether (sulfide) groups is 1. The van der Waals surface area contributed by atoms with Gasteiger partial charge in [0.05, 0.1) is 27.6 Å². The normalized spacial score (nSPS) is 27.4. The van der Waals surface area contributed by atoms with Crippen LogP contribution in [-0.2, 0) is 14.6 Å². The van der Waals surface area contributed by atoms with E-state index < -0.39 is 9.84 Å². The standard InChI is InChI=1S/C14H14Cl2N2O3S2/c1-2-13(19)17-14-18(8-3-4-9(15)10(16)5-8)11-6-23(20,21)7-12(11)22-14/h3-5,11-12H,2,6-7H2,1H3. The maximum Gasteiger partial charge on any atom is 0.247 e. The summed E-state index contributed by atoms with van der Waals surface area (Å²) in [5, 5.41) is 1.19. The zero-order valence-corrected chi connectivity index (χ0v) is 15.3. The average Bonchev–Trinajstić information content (AvgIpc) is 2.93. The van der Waals surface area contributed by atoms with E-state index in [-0.39, 0.29) is 28.7 Å². The molecule has 5 nitrogen and oxygen atoms in total. The summed E-state index contributed by atoms with van der Waals surface area (Å²) in [5.74, 6) is -0.0932. The van der Waals surface area contributed by atoms with Gasteiger partial charge in [0, 0.05) is 17.4 Å². The highest BCUT2D eigenvalue weighted by molar-refractivity contribution is 8.16. The summed E-state index contributed by atoms with van der Waals surface area (Å²) < 4.78 is 23.9. The van der Waals surface area contributed by atoms with Gasteiger partial charge in [-0.05, 0) is 18.2 Å². The number of halogens is 2. The van der Waals surface area contributed by atoms with Crippen molar-refractivity contribution in [2.24, 2.45) is 4.99 Å². The Labute approximate surface area is 149 Å². The number of hydrogen-bond donors (Lipinski definition) is 0. The van der Waals surface area contributed by atoms with E-state index in [1.165, 1.54) is 11.8 Å². The van der Waals surface area contributed by atoms with Gasteiger partial charge in [-0.3, -0.25) is 4.79 Å². The molecule has 2 atom stereocenters. The van der Waals surface area contributed by atoms with Crippen LogP contribution in [0.3, 0.4) is 0 Å². The summed E-state index contributed by atoms with van der Waals surface area (Å²) in [5.41, 5.74) is 0.694. The molecule has 124 valence electrons. The van der Waals surface area contributed by atoms with Crippen LogP contribution in [0.1, 0.15) is 13.3 Å². The second kappa shape index (κ2) is 6.27. The van der Waals surface area contributed by atoms with Crippen LogP contribution in [0, 0.1) is 0 Å². The number of carbonyl (C=O) groups is 1. The first kappa shape index (κ1) is 17.1. The highest BCUT2D eigenvalue weighted by atomic mass is 35.5. The summed E-state index contributed by atoms with van der Waals surface area (Å²) in [4.78, 5) is 17.7. The molecule has 3 rings (SSSR count). The van der Waals surface area contributed by atoms with Crippen LogP contribution >= 0.6 is 35.0 Å². The Hall–Kier alpha value is -0.760. The lowest BCUT2D eigenvalue weighted by Gasteiger charge is -2.24. The fourth-order valence-corrected chi connectivity index (χ4v) is 6.91. The Balaban J connectivity index is 2.04. The summed E-state index contributed by atoms with van der Waals surface area (Å²) in [7, 11) is -3.08. The molecule has 0 radical (unpaired) electrons. The topological polar surface area (TPSA) is 66.8 Å². The second-order valence-corrected chi connectivity index (χ2v) is 9.59. The van der Waals surface area contributed by atoms with Crippen LogP contribution in [0.4, 0.5) is 5.69 Å². The fourth-order valence-electron chi connectivity index (χ4n) is 2.69. The van der Waals surface area contributed by atoms with E-state index in [0.29, 0.717) is 27.3 Å². The van der Waals surface area contributed by atoms with E-state index in [9.17, 15) is 13.2 Å². The van der Waals surface area contributed by atoms with Gasteiger partial charge >= 0.3 is 0 Å². The molecule has 2 unspecified atom stereocenters. The highest BCUT2D eigenvalue weighted by Crippen LogP contribution is 2.42. The van der Waals surface area contributed by atoms with Crippen molar-refractivity contribution in [2.75, 3.05) is 16.4 Å². The third-order valence-electron chi connectivity index (χ3n) is 3.77. The first-order valence-electron chi connectivity index (χ1n) is 7.03. The SMILES string of the molecule is CCC(=O)N=C1SC2CS(=O)(=O)CC2N1c1ccc(Cl)c(Cl)c1. The summed E-state index contributed by atoms with van der Waals surface area (Å²) in [6.45, 7) is 1.74. The number of anilines is 1. The maximum atomic E-state index is 11.9. The van der Waals surface area contributed by atoms with E-state index in [0.717, 1.165) is 0 Å². The number of aliphatic imine (C=N–C) groups is 1. The minimum atomic E-state index is -3.08. The van der Waals surface area contributed by atoms with Crippen LogP contribution < -0.4 is 4.90 Å². The molecular weight excluding hydrogens is 379 g/mol. The molecule has 0 aromatic heterocycles. The zero-order chi connectivity index (χ0) is 16.8. The van der Waals surface area contributed by atoms with Gasteiger partial charge in [0.15, 0.2) is 15.0 Å².